The predicted octanol–water partition coefficient (Wildman–Crippen LogP) is 7.88. The van der Waals surface area contributed by atoms with Gasteiger partial charge in [-0.15, -0.1) is 0 Å². The van der Waals surface area contributed by atoms with E-state index in [9.17, 15) is 4.79 Å². The number of carbonyl (C=O) groups excluding carboxylic acids is 1. The van der Waals surface area contributed by atoms with Gasteiger partial charge in [0.05, 0.1) is 6.04 Å². The van der Waals surface area contributed by atoms with Crippen LogP contribution < -0.4 is 15.4 Å². The van der Waals surface area contributed by atoms with Gasteiger partial charge in [-0.3, -0.25) is 4.79 Å². The minimum atomic E-state index is -0.146. The van der Waals surface area contributed by atoms with Crippen molar-refractivity contribution >= 4 is 5.91 Å². The fraction of sp³-hybridized carbons (Fsp3) is 0.485. The second-order valence-electron chi connectivity index (χ2n) is 10.8. The predicted molar refractivity (Wildman–Crippen MR) is 157 cm³/mol. The van der Waals surface area contributed by atoms with Crippen LogP contribution in [0, 0.1) is 12.8 Å². The summed E-state index contributed by atoms with van der Waals surface area (Å²) in [6.45, 7) is 14.5. The molecule has 1 aromatic heterocycles. The zero-order valence-electron chi connectivity index (χ0n) is 24.1. The molecule has 0 aliphatic carbocycles. The first kappa shape index (κ1) is 29.5. The molecule has 0 radical (unpaired) electrons. The topological polar surface area (TPSA) is 63.5 Å². The van der Waals surface area contributed by atoms with Crippen LogP contribution in [0.15, 0.2) is 59.0 Å². The molecule has 2 aromatic carbocycles. The molecule has 5 heteroatoms. The van der Waals surface area contributed by atoms with Gasteiger partial charge in [-0.1, -0.05) is 77.6 Å². The zero-order chi connectivity index (χ0) is 27.5. The molecular weight excluding hydrogens is 472 g/mol. The average molecular weight is 519 g/mol. The third-order valence-corrected chi connectivity index (χ3v) is 6.75. The molecule has 1 unspecified atom stereocenters. The van der Waals surface area contributed by atoms with Crippen molar-refractivity contribution in [1.29, 1.82) is 0 Å². The Balaban J connectivity index is 0.000000599. The van der Waals surface area contributed by atoms with Crippen LogP contribution in [0.5, 0.6) is 5.75 Å². The first-order chi connectivity index (χ1) is 18.3. The van der Waals surface area contributed by atoms with E-state index in [4.69, 9.17) is 9.15 Å². The highest BCUT2D eigenvalue weighted by atomic mass is 16.5. The number of ether oxygens (including phenoxy) is 1. The number of furan rings is 1. The third-order valence-electron chi connectivity index (χ3n) is 6.75. The van der Waals surface area contributed by atoms with Crippen molar-refractivity contribution < 1.29 is 13.9 Å². The second-order valence-corrected chi connectivity index (χ2v) is 10.8. The Morgan fingerprint density at radius 1 is 1.03 bits per heavy atom. The summed E-state index contributed by atoms with van der Waals surface area (Å²) in [4.78, 5) is 13.0. The zero-order valence-corrected chi connectivity index (χ0v) is 24.1. The summed E-state index contributed by atoms with van der Waals surface area (Å²) in [5, 5.41) is 6.32. The largest absolute Gasteiger partial charge is 0.488 e. The monoisotopic (exact) mass is 518 g/mol. The molecule has 1 fully saturated rings. The SMILES string of the molecule is CCCCCC.Cc1ccc(OC2CNC2)cc1C(=O)NC(C)c1cccc(-c2ccc(CC(C)C)o2)c1. The molecule has 0 bridgehead atoms. The Kier molecular flexibility index (Phi) is 11.5. The summed E-state index contributed by atoms with van der Waals surface area (Å²) >= 11 is 0. The van der Waals surface area contributed by atoms with Gasteiger partial charge in [-0.05, 0) is 61.2 Å². The van der Waals surface area contributed by atoms with E-state index in [-0.39, 0.29) is 18.1 Å². The van der Waals surface area contributed by atoms with Crippen LogP contribution in [-0.4, -0.2) is 25.1 Å². The Morgan fingerprint density at radius 3 is 2.39 bits per heavy atom. The summed E-state index contributed by atoms with van der Waals surface area (Å²) in [5.41, 5.74) is 3.61. The molecule has 0 spiro atoms. The van der Waals surface area contributed by atoms with Gasteiger partial charge in [-0.25, -0.2) is 0 Å². The van der Waals surface area contributed by atoms with E-state index in [2.05, 4.69) is 44.4 Å². The van der Waals surface area contributed by atoms with Crippen LogP contribution >= 0.6 is 0 Å². The summed E-state index contributed by atoms with van der Waals surface area (Å²) in [5.74, 6) is 3.03. The Bertz CT molecular complexity index is 1140. The number of unbranched alkanes of at least 4 members (excludes halogenated alkanes) is 3. The van der Waals surface area contributed by atoms with E-state index in [0.717, 1.165) is 53.5 Å². The van der Waals surface area contributed by atoms with E-state index >= 15 is 0 Å². The molecule has 206 valence electrons. The average Bonchev–Trinajstić information content (AvgIpc) is 3.34. The van der Waals surface area contributed by atoms with Crippen molar-refractivity contribution in [3.63, 3.8) is 0 Å². The van der Waals surface area contributed by atoms with E-state index in [0.29, 0.717) is 11.5 Å². The molecule has 38 heavy (non-hydrogen) atoms. The molecule has 1 amide bonds. The minimum absolute atomic E-state index is 0.102. The molecule has 3 aromatic rings. The maximum atomic E-state index is 13.0. The molecule has 1 aliphatic rings. The number of benzene rings is 2. The Hall–Kier alpha value is -3.05. The fourth-order valence-electron chi connectivity index (χ4n) is 4.32. The van der Waals surface area contributed by atoms with Crippen molar-refractivity contribution in [2.24, 2.45) is 5.92 Å². The first-order valence-electron chi connectivity index (χ1n) is 14.3. The number of carbonyl (C=O) groups is 1. The second kappa shape index (κ2) is 14.8. The summed E-state index contributed by atoms with van der Waals surface area (Å²) in [6, 6.07) is 17.8. The van der Waals surface area contributed by atoms with Gasteiger partial charge < -0.3 is 19.8 Å². The molecule has 2 heterocycles. The van der Waals surface area contributed by atoms with E-state index in [1.165, 1.54) is 25.7 Å². The molecule has 1 aliphatic heterocycles. The van der Waals surface area contributed by atoms with Gasteiger partial charge in [-0.2, -0.15) is 0 Å². The van der Waals surface area contributed by atoms with Crippen LogP contribution in [0.4, 0.5) is 0 Å². The summed E-state index contributed by atoms with van der Waals surface area (Å²) in [7, 11) is 0. The Morgan fingerprint density at radius 2 is 1.76 bits per heavy atom. The lowest BCUT2D eigenvalue weighted by atomic mass is 10.0. The number of hydrogen-bond acceptors (Lipinski definition) is 4. The normalized spacial score (nSPS) is 13.9. The molecule has 4 rings (SSSR count). The smallest absolute Gasteiger partial charge is 0.252 e. The van der Waals surface area contributed by atoms with Gasteiger partial charge in [0.1, 0.15) is 23.4 Å². The maximum absolute atomic E-state index is 13.0. The highest BCUT2D eigenvalue weighted by Crippen LogP contribution is 2.27. The summed E-state index contributed by atoms with van der Waals surface area (Å²) < 4.78 is 12.0. The summed E-state index contributed by atoms with van der Waals surface area (Å²) in [6.07, 6.45) is 6.64. The van der Waals surface area contributed by atoms with Gasteiger partial charge in [0.15, 0.2) is 0 Å². The third kappa shape index (κ3) is 8.76. The van der Waals surface area contributed by atoms with Crippen molar-refractivity contribution in [1.82, 2.24) is 10.6 Å². The Labute approximate surface area is 229 Å². The van der Waals surface area contributed by atoms with Crippen molar-refractivity contribution in [3.8, 4) is 17.1 Å². The van der Waals surface area contributed by atoms with Gasteiger partial charge in [0.25, 0.3) is 5.91 Å². The fourth-order valence-corrected chi connectivity index (χ4v) is 4.32. The van der Waals surface area contributed by atoms with E-state index in [1.807, 2.05) is 62.4 Å². The van der Waals surface area contributed by atoms with Crippen LogP contribution in [0.25, 0.3) is 11.3 Å². The molecule has 2 N–H and O–H groups in total. The standard InChI is InChI=1S/C27H32N2O3.C6H14/c1-17(2)12-22-10-11-26(32-22)21-7-5-6-20(13-21)19(4)29-27(30)25-14-23(9-8-18(25)3)31-24-15-28-16-24;1-3-5-6-4-2/h5-11,13-14,17,19,24,28H,12,15-16H2,1-4H3,(H,29,30);3-6H2,1-2H3. The first-order valence-corrected chi connectivity index (χ1v) is 14.3. The molecule has 1 atom stereocenters. The number of hydrogen-bond donors (Lipinski definition) is 2. The maximum Gasteiger partial charge on any atom is 0.252 e. The molecule has 1 saturated heterocycles. The van der Waals surface area contributed by atoms with E-state index in [1.54, 1.807) is 0 Å². The number of amides is 1. The van der Waals surface area contributed by atoms with Crippen LogP contribution in [0.3, 0.4) is 0 Å². The molecular formula is C33H46N2O3. The number of aryl methyl sites for hydroxylation is 1. The van der Waals surface area contributed by atoms with Gasteiger partial charge >= 0.3 is 0 Å². The lowest BCUT2D eigenvalue weighted by Gasteiger charge is -2.28. The van der Waals surface area contributed by atoms with Crippen LogP contribution in [-0.2, 0) is 6.42 Å². The van der Waals surface area contributed by atoms with Crippen molar-refractivity contribution in [2.75, 3.05) is 13.1 Å². The van der Waals surface area contributed by atoms with Gasteiger partial charge in [0.2, 0.25) is 0 Å². The number of nitrogens with one attached hydrogen (secondary N) is 2. The lowest BCUT2D eigenvalue weighted by Crippen LogP contribution is -2.50. The molecule has 0 saturated carbocycles. The number of rotatable bonds is 11. The van der Waals surface area contributed by atoms with Gasteiger partial charge in [0, 0.05) is 30.6 Å². The van der Waals surface area contributed by atoms with Crippen LogP contribution in [0.2, 0.25) is 0 Å². The minimum Gasteiger partial charge on any atom is -0.488 e. The highest BCUT2D eigenvalue weighted by Gasteiger charge is 2.20. The lowest BCUT2D eigenvalue weighted by molar-refractivity contribution is 0.0937. The van der Waals surface area contributed by atoms with E-state index < -0.39 is 0 Å². The van der Waals surface area contributed by atoms with Crippen molar-refractivity contribution in [3.05, 3.63) is 77.0 Å². The molecule has 5 nitrogen and oxygen atoms in total. The van der Waals surface area contributed by atoms with Crippen LogP contribution in [0.1, 0.15) is 93.6 Å². The highest BCUT2D eigenvalue weighted by molar-refractivity contribution is 5.96. The van der Waals surface area contributed by atoms with Crippen molar-refractivity contribution in [2.45, 2.75) is 85.8 Å². The quantitative estimate of drug-likeness (QED) is 0.253.